The van der Waals surface area contributed by atoms with Crippen molar-refractivity contribution in [3.8, 4) is 22.3 Å². The number of hydrogen-bond acceptors (Lipinski definition) is 10. The van der Waals surface area contributed by atoms with Gasteiger partial charge in [-0.05, 0) is 169 Å². The Kier molecular flexibility index (Phi) is 11.7. The van der Waals surface area contributed by atoms with E-state index in [1.54, 1.807) is 24.3 Å². The van der Waals surface area contributed by atoms with E-state index < -0.39 is 20.2 Å². The second kappa shape index (κ2) is 18.0. The van der Waals surface area contributed by atoms with Crippen molar-refractivity contribution in [3.05, 3.63) is 179 Å². The molecule has 14 nitrogen and oxygen atoms in total. The van der Waals surface area contributed by atoms with Crippen LogP contribution in [0.2, 0.25) is 0 Å². The van der Waals surface area contributed by atoms with Crippen molar-refractivity contribution in [1.29, 1.82) is 0 Å². The molecule has 4 aliphatic rings. The number of hydrogen-bond donors (Lipinski definition) is 4. The number of nitrogens with zero attached hydrogens (tertiary/aromatic N) is 4. The summed E-state index contributed by atoms with van der Waals surface area (Å²) >= 11 is 0. The van der Waals surface area contributed by atoms with Gasteiger partial charge in [-0.2, -0.15) is 0 Å². The maximum atomic E-state index is 11.4. The first-order valence-corrected chi connectivity index (χ1v) is 23.9. The SMILES string of the molecule is O=S(=O)([O-])c1ccc(-c2c3nc(cc4ccc(cc5nc(cc6ccc2[nH]6)C=C5)[nH]4)C=C3)cc1.O=S(=O)([O-])c1ccc(-c2c3nc(cc4ccc(cc5nc(cc6ccc2[nH]6)C=C5)[nH]4)C=C3)cc1.[Pt+2]. The zero-order valence-corrected chi connectivity index (χ0v) is 39.6. The van der Waals surface area contributed by atoms with Crippen molar-refractivity contribution >= 4 is 113 Å². The summed E-state index contributed by atoms with van der Waals surface area (Å²) in [6, 6.07) is 39.3. The molecule has 8 aromatic rings. The number of fused-ring (bicyclic) bond motifs is 16. The molecule has 69 heavy (non-hydrogen) atoms. The number of aromatic amines is 4. The summed E-state index contributed by atoms with van der Waals surface area (Å²) in [4.78, 5) is 31.9. The minimum Gasteiger partial charge on any atom is -0.744 e. The van der Waals surface area contributed by atoms with Gasteiger partial charge in [-0.15, -0.1) is 0 Å². The molecular formula is C52H34N8O6PtS2. The molecular weight excluding hydrogens is 1090 g/mol. The van der Waals surface area contributed by atoms with E-state index in [1.807, 2.05) is 134 Å². The summed E-state index contributed by atoms with van der Waals surface area (Å²) in [6.45, 7) is 0. The molecule has 10 heterocycles. The molecule has 2 aromatic carbocycles. The van der Waals surface area contributed by atoms with Crippen molar-refractivity contribution in [1.82, 2.24) is 39.9 Å². The quantitative estimate of drug-likeness (QED) is 0.122. The van der Waals surface area contributed by atoms with Crippen LogP contribution in [0.5, 0.6) is 0 Å². The summed E-state index contributed by atoms with van der Waals surface area (Å²) in [5, 5.41) is 0. The number of rotatable bonds is 4. The summed E-state index contributed by atoms with van der Waals surface area (Å²) in [6.07, 6.45) is 15.5. The first kappa shape index (κ1) is 45.0. The van der Waals surface area contributed by atoms with Gasteiger partial charge in [0.05, 0.1) is 55.3 Å². The zero-order chi connectivity index (χ0) is 46.6. The molecule has 12 rings (SSSR count). The summed E-state index contributed by atoms with van der Waals surface area (Å²) < 4.78 is 68.3. The van der Waals surface area contributed by atoms with Gasteiger partial charge in [0.1, 0.15) is 20.2 Å². The molecule has 0 unspecified atom stereocenters. The number of benzene rings is 2. The van der Waals surface area contributed by atoms with Crippen molar-refractivity contribution in [2.45, 2.75) is 9.79 Å². The third kappa shape index (κ3) is 9.79. The molecule has 4 aliphatic heterocycles. The van der Waals surface area contributed by atoms with Crippen molar-refractivity contribution < 1.29 is 47.0 Å². The number of aromatic nitrogens is 8. The van der Waals surface area contributed by atoms with Crippen LogP contribution in [0.3, 0.4) is 0 Å². The fraction of sp³-hybridized carbons (Fsp3) is 0. The Hall–Kier alpha value is -7.85. The second-order valence-electron chi connectivity index (χ2n) is 16.1. The van der Waals surface area contributed by atoms with Gasteiger partial charge in [0.2, 0.25) is 0 Å². The van der Waals surface area contributed by atoms with E-state index in [2.05, 4.69) is 29.9 Å². The first-order chi connectivity index (χ1) is 32.8. The first-order valence-electron chi connectivity index (χ1n) is 21.1. The molecule has 0 amide bonds. The standard InChI is InChI=1S/2C26H18N4O3S.Pt/c2*31-34(32,33)23-9-1-16(2-10-23)26-24-11-7-21(29-24)14-19-5-3-17(27-19)13-18-4-6-20(28-18)15-22-8-12-25(26)30-22;/h2*1-15,27,30H,(H,31,32,33);/q;;+2/p-2. The second-order valence-corrected chi connectivity index (χ2v) is 18.8. The van der Waals surface area contributed by atoms with Crippen molar-refractivity contribution in [2.24, 2.45) is 0 Å². The van der Waals surface area contributed by atoms with Gasteiger partial charge >= 0.3 is 21.1 Å². The van der Waals surface area contributed by atoms with E-state index in [0.717, 1.165) is 112 Å². The molecule has 16 bridgehead atoms. The Balaban J connectivity index is 0.000000158. The molecule has 0 fully saturated rings. The smallest absolute Gasteiger partial charge is 0.744 e. The van der Waals surface area contributed by atoms with Gasteiger partial charge in [-0.25, -0.2) is 36.8 Å². The molecule has 0 saturated carbocycles. The molecule has 0 atom stereocenters. The van der Waals surface area contributed by atoms with Crippen LogP contribution in [0, 0.1) is 0 Å². The maximum Gasteiger partial charge on any atom is 2.00 e. The van der Waals surface area contributed by atoms with Crippen LogP contribution < -0.4 is 0 Å². The minimum atomic E-state index is -4.53. The van der Waals surface area contributed by atoms with Crippen LogP contribution in [0.25, 0.3) is 115 Å². The maximum absolute atomic E-state index is 11.4. The van der Waals surface area contributed by atoms with Crippen LogP contribution in [-0.4, -0.2) is 65.8 Å². The Bertz CT molecular complexity index is 3830. The molecule has 6 aromatic heterocycles. The summed E-state index contributed by atoms with van der Waals surface area (Å²) in [5.74, 6) is 0. The molecule has 0 radical (unpaired) electrons. The Morgan fingerprint density at radius 2 is 0.609 bits per heavy atom. The minimum absolute atomic E-state index is 0. The van der Waals surface area contributed by atoms with E-state index in [9.17, 15) is 25.9 Å². The topological polar surface area (TPSA) is 229 Å². The van der Waals surface area contributed by atoms with Crippen LogP contribution >= 0.6 is 0 Å². The predicted octanol–water partition coefficient (Wildman–Crippen LogP) is 10.5. The average Bonchev–Trinajstić information content (AvgIpc) is 4.16. The molecule has 0 aliphatic carbocycles. The predicted molar refractivity (Wildman–Crippen MR) is 265 cm³/mol. The van der Waals surface area contributed by atoms with Crippen molar-refractivity contribution in [3.63, 3.8) is 0 Å². The van der Waals surface area contributed by atoms with Gasteiger partial charge in [0, 0.05) is 55.3 Å². The van der Waals surface area contributed by atoms with Crippen LogP contribution in [-0.2, 0) is 41.3 Å². The van der Waals surface area contributed by atoms with Gasteiger partial charge in [0.25, 0.3) is 0 Å². The fourth-order valence-corrected chi connectivity index (χ4v) is 9.14. The molecule has 340 valence electrons. The third-order valence-corrected chi connectivity index (χ3v) is 13.0. The fourth-order valence-electron chi connectivity index (χ4n) is 8.20. The Morgan fingerprint density at radius 3 is 0.928 bits per heavy atom. The van der Waals surface area contributed by atoms with Crippen LogP contribution in [0.4, 0.5) is 0 Å². The van der Waals surface area contributed by atoms with Gasteiger partial charge in [-0.1, -0.05) is 24.3 Å². The molecule has 4 N–H and O–H groups in total. The molecule has 0 saturated heterocycles. The number of nitrogens with one attached hydrogen (secondary N) is 4. The van der Waals surface area contributed by atoms with E-state index in [-0.39, 0.29) is 30.9 Å². The van der Waals surface area contributed by atoms with Crippen LogP contribution in [0.1, 0.15) is 45.6 Å². The Morgan fingerprint density at radius 1 is 0.333 bits per heavy atom. The van der Waals surface area contributed by atoms with E-state index in [1.165, 1.54) is 24.3 Å². The van der Waals surface area contributed by atoms with Gasteiger partial charge in [0.15, 0.2) is 0 Å². The summed E-state index contributed by atoms with van der Waals surface area (Å²) in [5.41, 5.74) is 16.4. The van der Waals surface area contributed by atoms with Gasteiger partial charge < -0.3 is 29.0 Å². The molecule has 17 heteroatoms. The molecule has 0 spiro atoms. The normalized spacial score (nSPS) is 12.7. The summed E-state index contributed by atoms with van der Waals surface area (Å²) in [7, 11) is -9.06. The van der Waals surface area contributed by atoms with E-state index >= 15 is 0 Å². The Labute approximate surface area is 408 Å². The largest absolute Gasteiger partial charge is 2.00 e. The third-order valence-electron chi connectivity index (χ3n) is 11.3. The van der Waals surface area contributed by atoms with E-state index in [0.29, 0.717) is 0 Å². The average molecular weight is 1130 g/mol. The van der Waals surface area contributed by atoms with Crippen LogP contribution in [0.15, 0.2) is 143 Å². The zero-order valence-electron chi connectivity index (χ0n) is 35.7. The number of H-pyrrole nitrogens is 4. The van der Waals surface area contributed by atoms with Gasteiger partial charge in [-0.3, -0.25) is 0 Å². The van der Waals surface area contributed by atoms with Crippen molar-refractivity contribution in [2.75, 3.05) is 0 Å². The van der Waals surface area contributed by atoms with E-state index in [4.69, 9.17) is 9.97 Å². The monoisotopic (exact) mass is 1130 g/mol.